The summed E-state index contributed by atoms with van der Waals surface area (Å²) in [6.07, 6.45) is 25.3. The van der Waals surface area contributed by atoms with E-state index in [4.69, 9.17) is 0 Å². The minimum Gasteiger partial charge on any atom is -0.357 e. The molecule has 0 radical (unpaired) electrons. The number of hydrogen-bond donors (Lipinski definition) is 2. The Balaban J connectivity index is 1.81. The van der Waals surface area contributed by atoms with Gasteiger partial charge in [0, 0.05) is 18.7 Å². The number of allylic oxidation sites excluding steroid dienone is 2. The fourth-order valence-corrected chi connectivity index (χ4v) is 3.51. The van der Waals surface area contributed by atoms with Gasteiger partial charge in [-0.2, -0.15) is 0 Å². The van der Waals surface area contributed by atoms with E-state index >= 15 is 0 Å². The van der Waals surface area contributed by atoms with E-state index in [9.17, 15) is 5.11 Å². The monoisotopic (exact) mass is 364 g/mol. The van der Waals surface area contributed by atoms with Crippen molar-refractivity contribution in [3.8, 4) is 0 Å². The van der Waals surface area contributed by atoms with Crippen molar-refractivity contribution >= 4 is 5.71 Å². The van der Waals surface area contributed by atoms with E-state index in [0.29, 0.717) is 6.42 Å². The Bertz CT molecular complexity index is 392. The Morgan fingerprint density at radius 1 is 0.846 bits per heavy atom. The maximum atomic E-state index is 10.0. The van der Waals surface area contributed by atoms with Crippen LogP contribution < -0.4 is 5.32 Å². The molecule has 26 heavy (non-hydrogen) atoms. The van der Waals surface area contributed by atoms with E-state index in [1.807, 2.05) is 6.92 Å². The first-order valence-electron chi connectivity index (χ1n) is 11.4. The Hall–Kier alpha value is -0.670. The second kappa shape index (κ2) is 15.4. The van der Waals surface area contributed by atoms with Crippen LogP contribution in [0.2, 0.25) is 0 Å². The van der Waals surface area contributed by atoms with Gasteiger partial charge < -0.3 is 5.11 Å². The molecule has 0 aromatic heterocycles. The molecule has 1 heterocycles. The van der Waals surface area contributed by atoms with Crippen LogP contribution in [0.15, 0.2) is 17.1 Å². The number of rotatable bonds is 17. The third-order valence-corrected chi connectivity index (χ3v) is 5.39. The first kappa shape index (κ1) is 23.4. The van der Waals surface area contributed by atoms with Crippen LogP contribution in [0.25, 0.3) is 0 Å². The number of nitrogens with one attached hydrogen (secondary N) is 1. The summed E-state index contributed by atoms with van der Waals surface area (Å²) in [4.78, 5) is 4.40. The number of aliphatic hydroxyl groups is 1. The summed E-state index contributed by atoms with van der Waals surface area (Å²) in [5.74, 6) is -0.974. The van der Waals surface area contributed by atoms with Gasteiger partial charge in [-0.25, -0.2) is 4.99 Å². The molecule has 1 unspecified atom stereocenters. The lowest BCUT2D eigenvalue weighted by Crippen LogP contribution is -2.38. The fourth-order valence-electron chi connectivity index (χ4n) is 3.51. The van der Waals surface area contributed by atoms with Crippen molar-refractivity contribution in [2.45, 2.75) is 122 Å². The van der Waals surface area contributed by atoms with Gasteiger partial charge in [0.1, 0.15) is 0 Å². The van der Waals surface area contributed by atoms with Gasteiger partial charge in [0.25, 0.3) is 0 Å². The van der Waals surface area contributed by atoms with Crippen molar-refractivity contribution in [2.24, 2.45) is 4.99 Å². The summed E-state index contributed by atoms with van der Waals surface area (Å²) in [7, 11) is 0. The van der Waals surface area contributed by atoms with Crippen molar-refractivity contribution in [2.75, 3.05) is 6.54 Å². The molecular weight excluding hydrogens is 320 g/mol. The minimum absolute atomic E-state index is 0.643. The van der Waals surface area contributed by atoms with E-state index in [2.05, 4.69) is 29.4 Å². The molecule has 0 aromatic rings. The van der Waals surface area contributed by atoms with E-state index in [-0.39, 0.29) is 0 Å². The summed E-state index contributed by atoms with van der Waals surface area (Å²) < 4.78 is 0. The zero-order valence-electron chi connectivity index (χ0n) is 17.6. The lowest BCUT2D eigenvalue weighted by Gasteiger charge is -2.16. The highest BCUT2D eigenvalue weighted by atomic mass is 16.3. The van der Waals surface area contributed by atoms with E-state index in [1.54, 1.807) is 0 Å². The predicted octanol–water partition coefficient (Wildman–Crippen LogP) is 6.51. The van der Waals surface area contributed by atoms with Gasteiger partial charge in [-0.1, -0.05) is 83.8 Å². The van der Waals surface area contributed by atoms with Gasteiger partial charge in [-0.3, -0.25) is 5.32 Å². The molecule has 0 aliphatic carbocycles. The molecule has 0 amide bonds. The Morgan fingerprint density at radius 3 is 1.92 bits per heavy atom. The number of hydrogen-bond acceptors (Lipinski definition) is 3. The molecule has 3 nitrogen and oxygen atoms in total. The quantitative estimate of drug-likeness (QED) is 0.228. The third-order valence-electron chi connectivity index (χ3n) is 5.39. The summed E-state index contributed by atoms with van der Waals surface area (Å²) >= 11 is 0. The highest BCUT2D eigenvalue weighted by Gasteiger charge is 2.28. The van der Waals surface area contributed by atoms with Crippen molar-refractivity contribution in [1.82, 2.24) is 5.32 Å². The molecule has 1 aliphatic rings. The molecular formula is C23H44N2O. The molecule has 0 bridgehead atoms. The topological polar surface area (TPSA) is 44.6 Å². The van der Waals surface area contributed by atoms with Gasteiger partial charge >= 0.3 is 0 Å². The van der Waals surface area contributed by atoms with E-state index in [1.165, 1.54) is 89.9 Å². The van der Waals surface area contributed by atoms with E-state index < -0.39 is 5.85 Å². The first-order valence-corrected chi connectivity index (χ1v) is 11.4. The highest BCUT2D eigenvalue weighted by molar-refractivity contribution is 5.88. The number of nitrogens with zero attached hydrogens (tertiary/aromatic N) is 1. The largest absolute Gasteiger partial charge is 0.357 e. The van der Waals surface area contributed by atoms with Crippen LogP contribution in [-0.4, -0.2) is 23.2 Å². The lowest BCUT2D eigenvalue weighted by molar-refractivity contribution is 0.0240. The molecule has 0 fully saturated rings. The van der Waals surface area contributed by atoms with Gasteiger partial charge in [-0.05, 0) is 38.5 Å². The van der Waals surface area contributed by atoms with Crippen LogP contribution in [0.5, 0.6) is 0 Å². The third kappa shape index (κ3) is 11.9. The molecule has 2 N–H and O–H groups in total. The van der Waals surface area contributed by atoms with Crippen molar-refractivity contribution in [3.05, 3.63) is 12.2 Å². The minimum atomic E-state index is -0.974. The summed E-state index contributed by atoms with van der Waals surface area (Å²) in [6, 6.07) is 0. The molecule has 152 valence electrons. The Labute approximate surface area is 162 Å². The van der Waals surface area contributed by atoms with Crippen LogP contribution in [0, 0.1) is 0 Å². The molecule has 0 aromatic carbocycles. The van der Waals surface area contributed by atoms with Crippen LogP contribution in [0.1, 0.15) is 117 Å². The summed E-state index contributed by atoms with van der Waals surface area (Å²) in [6.45, 7) is 5.00. The highest BCUT2D eigenvalue weighted by Crippen LogP contribution is 2.16. The SMILES string of the molecule is CCCCCCCCC=CCCCCCCCCC1=NC(O)(CC)NC1. The molecule has 1 aliphatic heterocycles. The van der Waals surface area contributed by atoms with Gasteiger partial charge in [0.15, 0.2) is 0 Å². The van der Waals surface area contributed by atoms with Gasteiger partial charge in [0.2, 0.25) is 5.85 Å². The van der Waals surface area contributed by atoms with Crippen molar-refractivity contribution in [1.29, 1.82) is 0 Å². The average molecular weight is 365 g/mol. The fraction of sp³-hybridized carbons (Fsp3) is 0.870. The van der Waals surface area contributed by atoms with Crippen molar-refractivity contribution < 1.29 is 5.11 Å². The van der Waals surface area contributed by atoms with Gasteiger partial charge in [0.05, 0.1) is 0 Å². The first-order chi connectivity index (χ1) is 12.7. The van der Waals surface area contributed by atoms with E-state index in [0.717, 1.165) is 18.7 Å². The second-order valence-electron chi connectivity index (χ2n) is 7.89. The number of unbranched alkanes of at least 4 members (excludes halogenated alkanes) is 12. The van der Waals surface area contributed by atoms with Crippen molar-refractivity contribution in [3.63, 3.8) is 0 Å². The number of aliphatic imine (C=N–C) groups is 1. The molecule has 1 atom stereocenters. The van der Waals surface area contributed by atoms with Crippen LogP contribution in [0.4, 0.5) is 0 Å². The van der Waals surface area contributed by atoms with Crippen LogP contribution in [0.3, 0.4) is 0 Å². The zero-order chi connectivity index (χ0) is 18.9. The summed E-state index contributed by atoms with van der Waals surface area (Å²) in [5, 5.41) is 13.1. The Kier molecular flexibility index (Phi) is 13.8. The van der Waals surface area contributed by atoms with Crippen LogP contribution in [-0.2, 0) is 0 Å². The zero-order valence-corrected chi connectivity index (χ0v) is 17.6. The lowest BCUT2D eigenvalue weighted by atomic mass is 10.1. The smallest absolute Gasteiger partial charge is 0.212 e. The van der Waals surface area contributed by atoms with Crippen LogP contribution >= 0.6 is 0 Å². The predicted molar refractivity (Wildman–Crippen MR) is 115 cm³/mol. The molecule has 1 rings (SSSR count). The summed E-state index contributed by atoms with van der Waals surface area (Å²) in [5.41, 5.74) is 1.14. The van der Waals surface area contributed by atoms with Gasteiger partial charge in [-0.15, -0.1) is 0 Å². The average Bonchev–Trinajstić information content (AvgIpc) is 3.03. The normalized spacial score (nSPS) is 20.2. The maximum absolute atomic E-state index is 10.0. The molecule has 0 saturated carbocycles. The molecule has 0 spiro atoms. The Morgan fingerprint density at radius 2 is 1.38 bits per heavy atom. The maximum Gasteiger partial charge on any atom is 0.212 e. The molecule has 3 heteroatoms. The molecule has 0 saturated heterocycles. The second-order valence-corrected chi connectivity index (χ2v) is 7.89. The standard InChI is InChI=1S/C23H44N2O/c1-3-5-6-7-8-9-10-11-12-13-14-15-16-17-18-19-20-22-21-24-23(26,4-2)25-22/h11-12,24,26H,3-10,13-21H2,1-2H3.